The number of terminal acetylenes is 1. The summed E-state index contributed by atoms with van der Waals surface area (Å²) in [5.74, 6) is 4.70. The van der Waals surface area contributed by atoms with Gasteiger partial charge < -0.3 is 44.0 Å². The zero-order valence-electron chi connectivity index (χ0n) is 34.9. The van der Waals surface area contributed by atoms with Crippen molar-refractivity contribution in [2.24, 2.45) is 21.1 Å². The molecule has 5 N–H and O–H groups in total. The number of allylic oxidation sites excluding steroid dienone is 3. The number of ether oxygens (including phenoxy) is 1. The highest BCUT2D eigenvalue weighted by molar-refractivity contribution is 9.10. The summed E-state index contributed by atoms with van der Waals surface area (Å²) in [6.45, 7) is 11.9. The Kier molecular flexibility index (Phi) is 17.9. The zero-order chi connectivity index (χ0) is 44.9. The van der Waals surface area contributed by atoms with Crippen molar-refractivity contribution in [1.82, 2.24) is 13.7 Å². The number of fused-ring (bicyclic) bond motifs is 3. The number of hydrogen-bond acceptors (Lipinski definition) is 10. The second-order valence-electron chi connectivity index (χ2n) is 15.0. The van der Waals surface area contributed by atoms with Gasteiger partial charge in [-0.25, -0.2) is 4.79 Å². The molecule has 0 atom stereocenters. The van der Waals surface area contributed by atoms with Crippen molar-refractivity contribution < 1.29 is 35.1 Å². The number of carbonyl (C=O) groups excluding carboxylic acids is 1. The molecule has 0 aromatic carbocycles. The minimum atomic E-state index is -2.10. The van der Waals surface area contributed by atoms with E-state index in [-0.39, 0.29) is 43.3 Å². The van der Waals surface area contributed by atoms with Gasteiger partial charge in [-0.1, -0.05) is 36.0 Å². The van der Waals surface area contributed by atoms with Crippen LogP contribution in [0.15, 0.2) is 58.6 Å². The zero-order valence-corrected chi connectivity index (χ0v) is 38.1. The van der Waals surface area contributed by atoms with Gasteiger partial charge >= 0.3 is 5.97 Å². The number of carbonyl (C=O) groups is 1. The lowest BCUT2D eigenvalue weighted by Crippen LogP contribution is -2.23. The lowest BCUT2D eigenvalue weighted by molar-refractivity contribution is -0.136. The normalized spacial score (nSPS) is 13.5. The summed E-state index contributed by atoms with van der Waals surface area (Å²) in [5, 5.41) is 45.9. The first-order valence-corrected chi connectivity index (χ1v) is 20.1. The molecule has 3 heterocycles. The Morgan fingerprint density at radius 3 is 1.55 bits per heavy atom. The first-order valence-electron chi connectivity index (χ1n) is 18.5. The van der Waals surface area contributed by atoms with E-state index in [1.807, 2.05) is 20.8 Å². The summed E-state index contributed by atoms with van der Waals surface area (Å²) in [7, 11) is 5.06. The number of hydrogen-bond donors (Lipinski definition) is 5. The largest absolute Gasteiger partial charge is 0.462 e. The molecule has 60 heavy (non-hydrogen) atoms. The quantitative estimate of drug-likeness (QED) is 0.143. The van der Waals surface area contributed by atoms with Crippen LogP contribution in [0.25, 0.3) is 16.7 Å². The molecular formula is C45H55Br2N3O10. The number of pyridine rings is 3. The van der Waals surface area contributed by atoms with Gasteiger partial charge in [0.2, 0.25) is 5.79 Å². The second-order valence-corrected chi connectivity index (χ2v) is 16.7. The smallest absolute Gasteiger partial charge is 0.338 e. The van der Waals surface area contributed by atoms with E-state index in [1.165, 1.54) is 9.13 Å². The monoisotopic (exact) mass is 955 g/mol. The average molecular weight is 958 g/mol. The van der Waals surface area contributed by atoms with Crippen LogP contribution in [0.4, 0.5) is 0 Å². The predicted molar refractivity (Wildman–Crippen MR) is 242 cm³/mol. The van der Waals surface area contributed by atoms with Crippen LogP contribution in [0.1, 0.15) is 94.8 Å². The third-order valence-corrected chi connectivity index (χ3v) is 10.7. The van der Waals surface area contributed by atoms with Crippen molar-refractivity contribution in [3.05, 3.63) is 114 Å². The van der Waals surface area contributed by atoms with E-state index in [2.05, 4.69) is 49.6 Å². The fraction of sp³-hybridized carbons (Fsp3) is 0.422. The molecule has 15 heteroatoms. The lowest BCUT2D eigenvalue weighted by atomic mass is 10.0. The van der Waals surface area contributed by atoms with Crippen molar-refractivity contribution in [3.63, 3.8) is 0 Å². The topological polar surface area (TPSA) is 193 Å². The third-order valence-electron chi connectivity index (χ3n) is 9.54. The van der Waals surface area contributed by atoms with Crippen LogP contribution >= 0.6 is 31.9 Å². The molecule has 13 nitrogen and oxygen atoms in total. The summed E-state index contributed by atoms with van der Waals surface area (Å²) >= 11 is 6.85. The van der Waals surface area contributed by atoms with Crippen molar-refractivity contribution in [1.29, 1.82) is 0 Å². The van der Waals surface area contributed by atoms with Crippen LogP contribution < -0.4 is 16.7 Å². The molecule has 3 aliphatic rings. The van der Waals surface area contributed by atoms with Gasteiger partial charge in [0.15, 0.2) is 0 Å². The number of aliphatic hydroxyl groups is 5. The lowest BCUT2D eigenvalue weighted by Gasteiger charge is -2.10. The average Bonchev–Trinajstić information content (AvgIpc) is 3.81. The van der Waals surface area contributed by atoms with E-state index in [4.69, 9.17) is 16.3 Å². The summed E-state index contributed by atoms with van der Waals surface area (Å²) in [6.07, 6.45) is 11.4. The van der Waals surface area contributed by atoms with E-state index in [0.29, 0.717) is 64.8 Å². The number of aryl methyl sites for hydroxylation is 3. The molecule has 6 rings (SSSR count). The van der Waals surface area contributed by atoms with Crippen molar-refractivity contribution in [2.75, 3.05) is 19.8 Å². The highest BCUT2D eigenvalue weighted by Crippen LogP contribution is 2.37. The molecule has 0 bridgehead atoms. The highest BCUT2D eigenvalue weighted by atomic mass is 79.9. The van der Waals surface area contributed by atoms with E-state index >= 15 is 0 Å². The Morgan fingerprint density at radius 1 is 0.750 bits per heavy atom. The van der Waals surface area contributed by atoms with Gasteiger partial charge in [0.25, 0.3) is 16.7 Å². The Balaban J connectivity index is 0.000000290. The maximum Gasteiger partial charge on any atom is 0.338 e. The Bertz CT molecular complexity index is 2560. The summed E-state index contributed by atoms with van der Waals surface area (Å²) < 4.78 is 11.2. The van der Waals surface area contributed by atoms with Crippen LogP contribution in [-0.2, 0) is 49.9 Å². The van der Waals surface area contributed by atoms with Crippen LogP contribution in [-0.4, -0.2) is 76.4 Å². The molecule has 3 aromatic rings. The minimum absolute atomic E-state index is 0. The molecule has 0 radical (unpaired) electrons. The number of esters is 1. The maximum absolute atomic E-state index is 12.1. The molecule has 0 saturated carbocycles. The van der Waals surface area contributed by atoms with Gasteiger partial charge in [0.1, 0.15) is 5.60 Å². The van der Waals surface area contributed by atoms with E-state index in [9.17, 15) is 39.6 Å². The summed E-state index contributed by atoms with van der Waals surface area (Å²) in [5.41, 5.74) is 8.67. The number of nitrogens with zero attached hydrogens (tertiary/aromatic N) is 3. The molecule has 324 valence electrons. The summed E-state index contributed by atoms with van der Waals surface area (Å²) in [6, 6.07) is 0. The molecule has 0 saturated heterocycles. The molecule has 0 fully saturated rings. The summed E-state index contributed by atoms with van der Waals surface area (Å²) in [4.78, 5) is 48.0. The Labute approximate surface area is 367 Å². The highest BCUT2D eigenvalue weighted by Gasteiger charge is 2.30. The molecule has 3 aliphatic carbocycles. The second kappa shape index (κ2) is 20.8. The molecule has 0 unspecified atom stereocenters. The van der Waals surface area contributed by atoms with Crippen molar-refractivity contribution in [3.8, 4) is 24.2 Å². The van der Waals surface area contributed by atoms with Gasteiger partial charge in [-0.3, -0.25) is 14.4 Å². The fourth-order valence-electron chi connectivity index (χ4n) is 6.67. The number of aromatic nitrogens is 3. The van der Waals surface area contributed by atoms with Gasteiger partial charge in [-0.15, -0.1) is 6.42 Å². The van der Waals surface area contributed by atoms with Crippen LogP contribution in [0, 0.1) is 24.2 Å². The van der Waals surface area contributed by atoms with E-state index < -0.39 is 11.4 Å². The molecular weight excluding hydrogens is 902 g/mol. The maximum atomic E-state index is 12.1. The first kappa shape index (κ1) is 51.6. The van der Waals surface area contributed by atoms with Crippen molar-refractivity contribution in [2.45, 2.75) is 86.5 Å². The van der Waals surface area contributed by atoms with Gasteiger partial charge in [0, 0.05) is 101 Å². The molecule has 0 spiro atoms. The van der Waals surface area contributed by atoms with Gasteiger partial charge in [-0.2, -0.15) is 0 Å². The van der Waals surface area contributed by atoms with Crippen molar-refractivity contribution >= 4 is 54.5 Å². The molecule has 3 aromatic heterocycles. The van der Waals surface area contributed by atoms with Crippen LogP contribution in [0.2, 0.25) is 0 Å². The molecule has 0 amide bonds. The predicted octanol–water partition coefficient (Wildman–Crippen LogP) is 4.30. The first-order chi connectivity index (χ1) is 27.3. The SMILES string of the molecule is C.C#CC(C)(C)O.CC1=C(CO)c2c(Br)cn(C)c(=O)c2C1.CC1=C(CO)c2c(C#CC(C)(O)O)cn(C)c(=O)c2C1.CCOC(=O)C1=C(C)Cc2c1c(Br)cn(C)c2=O. The number of aliphatic hydroxyl groups excluding tert-OH is 2. The van der Waals surface area contributed by atoms with E-state index in [1.54, 1.807) is 65.1 Å². The number of halogens is 2. The third kappa shape index (κ3) is 11.8. The van der Waals surface area contributed by atoms with Crippen LogP contribution in [0.3, 0.4) is 0 Å². The number of rotatable bonds is 4. The standard InChI is InChI=1S/C15H17NO4.C13H14BrNO3.C11H12BrNO2.C5H8O.CH4/c1-9-6-11-13(12(9)8-17)10(4-5-15(2,19)20)7-16(3)14(11)18;1-4-18-13(17)10-7(2)5-8-11(10)9(14)6-15(3)12(8)16;1-6-3-7-10(8(6)5-14)9(12)4-13(2)11(7)15;1-4-5(2,3)6;/h7,17,19-20H,6,8H2,1-3H3;6H,4-5H2,1-3H3;4,14H,3,5H2,1-2H3;1,6H,2-3H3;1H4. The Hall–Kier alpha value is -4.58. The van der Waals surface area contributed by atoms with Crippen LogP contribution in [0.5, 0.6) is 0 Å². The fourth-order valence-corrected chi connectivity index (χ4v) is 8.20. The van der Waals surface area contributed by atoms with Gasteiger partial charge in [-0.05, 0) is 103 Å². The molecule has 0 aliphatic heterocycles. The Morgan fingerprint density at radius 2 is 1.13 bits per heavy atom. The van der Waals surface area contributed by atoms with E-state index in [0.717, 1.165) is 49.3 Å². The minimum Gasteiger partial charge on any atom is -0.462 e. The van der Waals surface area contributed by atoms with Gasteiger partial charge in [0.05, 0.1) is 25.4 Å².